The molecule has 3 N–H and O–H groups in total. The Bertz CT molecular complexity index is 902. The number of carbonyl (C=O) groups is 1. The van der Waals surface area contributed by atoms with Gasteiger partial charge in [-0.2, -0.15) is 0 Å². The Balaban J connectivity index is 1.63. The van der Waals surface area contributed by atoms with Crippen molar-refractivity contribution in [2.75, 3.05) is 39.9 Å². The van der Waals surface area contributed by atoms with E-state index in [0.717, 1.165) is 29.0 Å². The molecule has 1 unspecified atom stereocenters. The molecule has 2 aliphatic rings. The molecule has 148 valence electrons. The van der Waals surface area contributed by atoms with E-state index in [1.54, 1.807) is 26.4 Å². The summed E-state index contributed by atoms with van der Waals surface area (Å²) in [7, 11) is 5.22. The van der Waals surface area contributed by atoms with Crippen LogP contribution in [0.3, 0.4) is 0 Å². The molecule has 0 radical (unpaired) electrons. The first kappa shape index (κ1) is 18.2. The van der Waals surface area contributed by atoms with Gasteiger partial charge in [-0.15, -0.1) is 0 Å². The second-order valence-corrected chi connectivity index (χ2v) is 6.79. The number of benzene rings is 2. The van der Waals surface area contributed by atoms with Gasteiger partial charge >= 0.3 is 6.03 Å². The minimum atomic E-state index is -0.318. The van der Waals surface area contributed by atoms with Crippen molar-refractivity contribution in [1.29, 1.82) is 0 Å². The SMILES string of the molecule is COc1ccccc1NC(=O)N[C@H]1c2c(cc3c(c2OC)OCO3)CC[NH+]1C. The molecule has 0 saturated heterocycles. The van der Waals surface area contributed by atoms with Crippen molar-refractivity contribution in [3.8, 4) is 23.0 Å². The van der Waals surface area contributed by atoms with E-state index in [0.29, 0.717) is 28.7 Å². The van der Waals surface area contributed by atoms with E-state index in [1.165, 1.54) is 0 Å². The van der Waals surface area contributed by atoms with Gasteiger partial charge < -0.3 is 29.2 Å². The number of ether oxygens (including phenoxy) is 4. The third-order valence-corrected chi connectivity index (χ3v) is 5.15. The third-order valence-electron chi connectivity index (χ3n) is 5.15. The van der Waals surface area contributed by atoms with Crippen LogP contribution in [-0.4, -0.2) is 40.6 Å². The molecule has 0 aromatic heterocycles. The van der Waals surface area contributed by atoms with Crippen LogP contribution in [0.5, 0.6) is 23.0 Å². The maximum atomic E-state index is 12.7. The van der Waals surface area contributed by atoms with Crippen molar-refractivity contribution < 1.29 is 28.6 Å². The normalized spacial score (nSPS) is 19.5. The topological polar surface area (TPSA) is 82.5 Å². The standard InChI is InChI=1S/C20H23N3O5/c1-23-9-8-12-10-15-17(28-11-27-15)18(26-3)16(12)19(23)22-20(24)21-13-6-4-5-7-14(13)25-2/h4-7,10,19H,8-9,11H2,1-3H3,(H2,21,22,24)/p+1/t19-/m1/s1. The second kappa shape index (κ2) is 7.47. The molecule has 2 aromatic carbocycles. The van der Waals surface area contributed by atoms with Crippen LogP contribution in [0.25, 0.3) is 0 Å². The molecule has 2 atom stereocenters. The Hall–Kier alpha value is -3.13. The smallest absolute Gasteiger partial charge is 0.324 e. The predicted octanol–water partition coefficient (Wildman–Crippen LogP) is 1.32. The van der Waals surface area contributed by atoms with Gasteiger partial charge in [-0.1, -0.05) is 12.1 Å². The fraction of sp³-hybridized carbons (Fsp3) is 0.350. The highest BCUT2D eigenvalue weighted by molar-refractivity contribution is 5.91. The highest BCUT2D eigenvalue weighted by Crippen LogP contribution is 2.47. The average molecular weight is 386 g/mol. The second-order valence-electron chi connectivity index (χ2n) is 6.79. The van der Waals surface area contributed by atoms with Gasteiger partial charge in [-0.25, -0.2) is 4.79 Å². The van der Waals surface area contributed by atoms with Crippen molar-refractivity contribution in [1.82, 2.24) is 5.32 Å². The zero-order valence-corrected chi connectivity index (χ0v) is 16.1. The Morgan fingerprint density at radius 2 is 2.04 bits per heavy atom. The Kier molecular flexibility index (Phi) is 4.87. The van der Waals surface area contributed by atoms with Crippen LogP contribution in [0.4, 0.5) is 10.5 Å². The van der Waals surface area contributed by atoms with Crippen molar-refractivity contribution in [3.63, 3.8) is 0 Å². The lowest BCUT2D eigenvalue weighted by Gasteiger charge is -2.33. The van der Waals surface area contributed by atoms with E-state index in [9.17, 15) is 4.79 Å². The first-order valence-corrected chi connectivity index (χ1v) is 9.14. The van der Waals surface area contributed by atoms with Crippen molar-refractivity contribution in [2.24, 2.45) is 0 Å². The molecule has 0 spiro atoms. The number of hydrogen-bond donors (Lipinski definition) is 3. The van der Waals surface area contributed by atoms with E-state index < -0.39 is 0 Å². The monoisotopic (exact) mass is 386 g/mol. The summed E-state index contributed by atoms with van der Waals surface area (Å²) in [5, 5.41) is 5.94. The van der Waals surface area contributed by atoms with Gasteiger partial charge in [0.05, 0.1) is 39.1 Å². The van der Waals surface area contributed by atoms with Crippen LogP contribution < -0.4 is 34.5 Å². The van der Waals surface area contributed by atoms with Crippen LogP contribution in [-0.2, 0) is 6.42 Å². The van der Waals surface area contributed by atoms with Gasteiger partial charge in [0.25, 0.3) is 0 Å². The molecule has 8 heteroatoms. The molecule has 0 aliphatic carbocycles. The number of anilines is 1. The summed E-state index contributed by atoms with van der Waals surface area (Å²) in [4.78, 5) is 13.9. The quantitative estimate of drug-likeness (QED) is 0.739. The molecule has 4 rings (SSSR count). The van der Waals surface area contributed by atoms with Gasteiger partial charge in [-0.3, -0.25) is 5.32 Å². The van der Waals surface area contributed by atoms with Gasteiger partial charge in [0.2, 0.25) is 12.5 Å². The number of hydrogen-bond acceptors (Lipinski definition) is 5. The van der Waals surface area contributed by atoms with Crippen molar-refractivity contribution in [3.05, 3.63) is 41.5 Å². The largest absolute Gasteiger partial charge is 0.495 e. The zero-order valence-electron chi connectivity index (χ0n) is 16.1. The number of urea groups is 1. The molecule has 2 aromatic rings. The van der Waals surface area contributed by atoms with Crippen LogP contribution in [0.1, 0.15) is 17.3 Å². The average Bonchev–Trinajstić information content (AvgIpc) is 3.17. The maximum absolute atomic E-state index is 12.7. The third kappa shape index (κ3) is 3.16. The van der Waals surface area contributed by atoms with Gasteiger partial charge in [0, 0.05) is 6.42 Å². The lowest BCUT2D eigenvalue weighted by atomic mass is 9.95. The lowest BCUT2D eigenvalue weighted by Crippen LogP contribution is -3.12. The Labute approximate surface area is 163 Å². The minimum absolute atomic E-state index is 0.170. The van der Waals surface area contributed by atoms with E-state index >= 15 is 0 Å². The molecule has 8 nitrogen and oxygen atoms in total. The number of rotatable bonds is 4. The van der Waals surface area contributed by atoms with E-state index in [1.807, 2.05) is 25.2 Å². The molecule has 2 amide bonds. The fourth-order valence-electron chi connectivity index (χ4n) is 3.76. The predicted molar refractivity (Wildman–Crippen MR) is 102 cm³/mol. The summed E-state index contributed by atoms with van der Waals surface area (Å²) in [5.74, 6) is 2.50. The first-order valence-electron chi connectivity index (χ1n) is 9.14. The highest BCUT2D eigenvalue weighted by atomic mass is 16.7. The number of methoxy groups -OCH3 is 2. The van der Waals surface area contributed by atoms with E-state index in [4.69, 9.17) is 18.9 Å². The van der Waals surface area contributed by atoms with Gasteiger partial charge in [0.15, 0.2) is 17.7 Å². The Morgan fingerprint density at radius 3 is 2.82 bits per heavy atom. The summed E-state index contributed by atoms with van der Waals surface area (Å²) >= 11 is 0. The highest BCUT2D eigenvalue weighted by Gasteiger charge is 2.37. The molecule has 28 heavy (non-hydrogen) atoms. The molecule has 0 fully saturated rings. The fourth-order valence-corrected chi connectivity index (χ4v) is 3.76. The van der Waals surface area contributed by atoms with E-state index in [2.05, 4.69) is 10.6 Å². The number of nitrogens with one attached hydrogen (secondary N) is 3. The molecule has 0 bridgehead atoms. The minimum Gasteiger partial charge on any atom is -0.495 e. The Morgan fingerprint density at radius 1 is 1.21 bits per heavy atom. The van der Waals surface area contributed by atoms with Crippen LogP contribution in [0.2, 0.25) is 0 Å². The molecular formula is C20H24N3O5+. The molecule has 0 saturated carbocycles. The zero-order chi connectivity index (χ0) is 19.7. The molecule has 2 heterocycles. The van der Waals surface area contributed by atoms with Crippen molar-refractivity contribution in [2.45, 2.75) is 12.6 Å². The van der Waals surface area contributed by atoms with Crippen LogP contribution in [0.15, 0.2) is 30.3 Å². The maximum Gasteiger partial charge on any atom is 0.324 e. The summed E-state index contributed by atoms with van der Waals surface area (Å²) < 4.78 is 22.1. The first-order chi connectivity index (χ1) is 13.6. The summed E-state index contributed by atoms with van der Waals surface area (Å²) in [6.45, 7) is 1.04. The van der Waals surface area contributed by atoms with Crippen molar-refractivity contribution >= 4 is 11.7 Å². The molecule has 2 aliphatic heterocycles. The van der Waals surface area contributed by atoms with Gasteiger partial charge in [-0.05, 0) is 23.8 Å². The number of carbonyl (C=O) groups excluding carboxylic acids is 1. The number of likely N-dealkylation sites (N-methyl/N-ethyl adjacent to an activating group) is 1. The summed E-state index contributed by atoms with van der Waals surface area (Å²) in [6, 6.07) is 8.95. The van der Waals surface area contributed by atoms with Crippen LogP contribution >= 0.6 is 0 Å². The number of fused-ring (bicyclic) bond motifs is 2. The number of quaternary nitrogens is 1. The van der Waals surface area contributed by atoms with E-state index in [-0.39, 0.29) is 19.0 Å². The summed E-state index contributed by atoms with van der Waals surface area (Å²) in [6.07, 6.45) is 0.573. The number of para-hydroxylation sites is 2. The summed E-state index contributed by atoms with van der Waals surface area (Å²) in [5.41, 5.74) is 2.62. The van der Waals surface area contributed by atoms with Gasteiger partial charge in [0.1, 0.15) is 5.75 Å². The van der Waals surface area contributed by atoms with Crippen LogP contribution in [0, 0.1) is 0 Å². The lowest BCUT2D eigenvalue weighted by molar-refractivity contribution is -0.917. The number of amides is 2. The molecular weight excluding hydrogens is 362 g/mol.